The number of hydrogen-bond acceptors (Lipinski definition) is 4. The summed E-state index contributed by atoms with van der Waals surface area (Å²) in [7, 11) is 0. The van der Waals surface area contributed by atoms with Crippen molar-refractivity contribution >= 4 is 29.5 Å². The Morgan fingerprint density at radius 1 is 1.08 bits per heavy atom. The molecule has 1 aliphatic heterocycles. The highest BCUT2D eigenvalue weighted by molar-refractivity contribution is 7.99. The fourth-order valence-electron chi connectivity index (χ4n) is 3.63. The van der Waals surface area contributed by atoms with Gasteiger partial charge >= 0.3 is 0 Å². The molecule has 1 saturated carbocycles. The summed E-state index contributed by atoms with van der Waals surface area (Å²) >= 11 is 1.69. The van der Waals surface area contributed by atoms with E-state index in [4.69, 9.17) is 0 Å². The van der Waals surface area contributed by atoms with Crippen molar-refractivity contribution < 1.29 is 14.4 Å². The second-order valence-electron chi connectivity index (χ2n) is 6.59. The van der Waals surface area contributed by atoms with Gasteiger partial charge in [-0.15, -0.1) is 11.8 Å². The number of fused-ring (bicyclic) bond motifs is 1. The summed E-state index contributed by atoms with van der Waals surface area (Å²) in [6, 6.07) is 10.0. The standard InChI is InChI=1S/C19H24N2O3S/c22-17(20-11-13-25-14-6-2-1-3-7-14)10-12-21-18(23)15-8-4-5-9-16(15)19(21)24/h1-3,6-7,15-16H,4-5,8-13H2,(H,20,22). The molecule has 6 heteroatoms. The number of rotatable bonds is 7. The molecule has 1 N–H and O–H groups in total. The number of nitrogens with zero attached hydrogens (tertiary/aromatic N) is 1. The summed E-state index contributed by atoms with van der Waals surface area (Å²) in [5.74, 6) is 0.285. The van der Waals surface area contributed by atoms with E-state index in [1.54, 1.807) is 11.8 Å². The number of nitrogens with one attached hydrogen (secondary N) is 1. The molecule has 1 heterocycles. The van der Waals surface area contributed by atoms with Crippen molar-refractivity contribution in [2.45, 2.75) is 37.0 Å². The number of thioether (sulfide) groups is 1. The molecule has 2 unspecified atom stereocenters. The Labute approximate surface area is 152 Å². The zero-order valence-corrected chi connectivity index (χ0v) is 15.1. The third-order valence-corrected chi connectivity index (χ3v) is 5.94. The van der Waals surface area contributed by atoms with Crippen molar-refractivity contribution in [3.8, 4) is 0 Å². The van der Waals surface area contributed by atoms with E-state index >= 15 is 0 Å². The molecule has 3 amide bonds. The fourth-order valence-corrected chi connectivity index (χ4v) is 4.42. The van der Waals surface area contributed by atoms with Gasteiger partial charge in [-0.05, 0) is 25.0 Å². The SMILES string of the molecule is O=C(CCN1C(=O)C2CCCCC2C1=O)NCCSc1ccccc1. The van der Waals surface area contributed by atoms with Gasteiger partial charge in [0.1, 0.15) is 0 Å². The number of benzene rings is 1. The van der Waals surface area contributed by atoms with Gasteiger partial charge in [0.2, 0.25) is 17.7 Å². The van der Waals surface area contributed by atoms with E-state index in [2.05, 4.69) is 5.32 Å². The van der Waals surface area contributed by atoms with Crippen LogP contribution >= 0.6 is 11.8 Å². The molecule has 1 aromatic rings. The molecule has 25 heavy (non-hydrogen) atoms. The summed E-state index contributed by atoms with van der Waals surface area (Å²) < 4.78 is 0. The first-order valence-corrected chi connectivity index (χ1v) is 9.95. The quantitative estimate of drug-likeness (QED) is 0.461. The van der Waals surface area contributed by atoms with Crippen LogP contribution in [0.3, 0.4) is 0 Å². The Balaban J connectivity index is 1.37. The minimum atomic E-state index is -0.133. The first-order valence-electron chi connectivity index (χ1n) is 8.96. The zero-order chi connectivity index (χ0) is 17.6. The normalized spacial score (nSPS) is 22.8. The first kappa shape index (κ1) is 18.0. The molecule has 1 aromatic carbocycles. The maximum Gasteiger partial charge on any atom is 0.233 e. The molecule has 0 aromatic heterocycles. The van der Waals surface area contributed by atoms with Crippen LogP contribution in [0.25, 0.3) is 0 Å². The molecule has 2 atom stereocenters. The molecule has 5 nitrogen and oxygen atoms in total. The lowest BCUT2D eigenvalue weighted by Crippen LogP contribution is -2.35. The molecule has 1 aliphatic carbocycles. The molecule has 0 spiro atoms. The maximum absolute atomic E-state index is 12.3. The van der Waals surface area contributed by atoms with Gasteiger partial charge in [-0.1, -0.05) is 31.0 Å². The number of amides is 3. The Morgan fingerprint density at radius 3 is 2.36 bits per heavy atom. The molecule has 2 fully saturated rings. The number of imide groups is 1. The number of carbonyl (C=O) groups is 3. The van der Waals surface area contributed by atoms with Gasteiger partial charge in [-0.25, -0.2) is 0 Å². The first-order chi connectivity index (χ1) is 12.2. The van der Waals surface area contributed by atoms with Crippen LogP contribution < -0.4 is 5.32 Å². The molecule has 3 rings (SSSR count). The summed E-state index contributed by atoms with van der Waals surface area (Å²) in [5.41, 5.74) is 0. The second kappa shape index (κ2) is 8.52. The number of hydrogen-bond donors (Lipinski definition) is 1. The minimum Gasteiger partial charge on any atom is -0.355 e. The van der Waals surface area contributed by atoms with Crippen LogP contribution in [0.5, 0.6) is 0 Å². The minimum absolute atomic E-state index is 0.0675. The fraction of sp³-hybridized carbons (Fsp3) is 0.526. The highest BCUT2D eigenvalue weighted by Gasteiger charge is 2.47. The highest BCUT2D eigenvalue weighted by Crippen LogP contribution is 2.37. The summed E-state index contributed by atoms with van der Waals surface area (Å²) in [4.78, 5) is 39.2. The molecule has 0 radical (unpaired) electrons. The maximum atomic E-state index is 12.3. The van der Waals surface area contributed by atoms with Crippen molar-refractivity contribution in [3.05, 3.63) is 30.3 Å². The Morgan fingerprint density at radius 2 is 1.72 bits per heavy atom. The van der Waals surface area contributed by atoms with Gasteiger partial charge in [-0.3, -0.25) is 19.3 Å². The molecule has 0 bridgehead atoms. The molecule has 134 valence electrons. The van der Waals surface area contributed by atoms with Crippen LogP contribution in [-0.2, 0) is 14.4 Å². The smallest absolute Gasteiger partial charge is 0.233 e. The van der Waals surface area contributed by atoms with Gasteiger partial charge in [0.25, 0.3) is 0 Å². The lowest BCUT2D eigenvalue weighted by Gasteiger charge is -2.19. The van der Waals surface area contributed by atoms with Crippen LogP contribution in [0.2, 0.25) is 0 Å². The molecular formula is C19H24N2O3S. The third-order valence-electron chi connectivity index (χ3n) is 4.93. The van der Waals surface area contributed by atoms with E-state index in [0.717, 1.165) is 31.4 Å². The van der Waals surface area contributed by atoms with Gasteiger partial charge in [0.05, 0.1) is 11.8 Å². The number of likely N-dealkylation sites (tertiary alicyclic amines) is 1. The van der Waals surface area contributed by atoms with Gasteiger partial charge < -0.3 is 5.32 Å². The van der Waals surface area contributed by atoms with Crippen molar-refractivity contribution in [2.24, 2.45) is 11.8 Å². The van der Waals surface area contributed by atoms with E-state index in [-0.39, 0.29) is 42.5 Å². The summed E-state index contributed by atoms with van der Waals surface area (Å²) in [5, 5.41) is 2.86. The highest BCUT2D eigenvalue weighted by atomic mass is 32.2. The Hall–Kier alpha value is -1.82. The van der Waals surface area contributed by atoms with Crippen LogP contribution in [0.1, 0.15) is 32.1 Å². The van der Waals surface area contributed by atoms with Crippen molar-refractivity contribution in [2.75, 3.05) is 18.8 Å². The van der Waals surface area contributed by atoms with Gasteiger partial charge in [0, 0.05) is 30.2 Å². The van der Waals surface area contributed by atoms with E-state index in [9.17, 15) is 14.4 Å². The van der Waals surface area contributed by atoms with Gasteiger partial charge in [0.15, 0.2) is 0 Å². The van der Waals surface area contributed by atoms with Crippen LogP contribution in [0.4, 0.5) is 0 Å². The molecular weight excluding hydrogens is 336 g/mol. The lowest BCUT2D eigenvalue weighted by atomic mass is 9.81. The summed E-state index contributed by atoms with van der Waals surface area (Å²) in [6.45, 7) is 0.786. The van der Waals surface area contributed by atoms with Crippen LogP contribution in [-0.4, -0.2) is 41.5 Å². The van der Waals surface area contributed by atoms with Crippen molar-refractivity contribution in [1.82, 2.24) is 10.2 Å². The van der Waals surface area contributed by atoms with E-state index in [1.165, 1.54) is 9.80 Å². The largest absolute Gasteiger partial charge is 0.355 e. The number of carbonyl (C=O) groups excluding carboxylic acids is 3. The van der Waals surface area contributed by atoms with Gasteiger partial charge in [-0.2, -0.15) is 0 Å². The average Bonchev–Trinajstić information content (AvgIpc) is 2.89. The predicted octanol–water partition coefficient (Wildman–Crippen LogP) is 2.46. The van der Waals surface area contributed by atoms with E-state index < -0.39 is 0 Å². The average molecular weight is 360 g/mol. The summed E-state index contributed by atoms with van der Waals surface area (Å²) in [6.07, 6.45) is 3.86. The van der Waals surface area contributed by atoms with Crippen molar-refractivity contribution in [1.29, 1.82) is 0 Å². The Kier molecular flexibility index (Phi) is 6.13. The monoisotopic (exact) mass is 360 g/mol. The third kappa shape index (κ3) is 4.42. The Bertz CT molecular complexity index is 611. The topological polar surface area (TPSA) is 66.5 Å². The molecule has 1 saturated heterocycles. The predicted molar refractivity (Wildman–Crippen MR) is 97.0 cm³/mol. The van der Waals surface area contributed by atoms with E-state index in [1.807, 2.05) is 30.3 Å². The zero-order valence-electron chi connectivity index (χ0n) is 14.3. The van der Waals surface area contributed by atoms with Crippen LogP contribution in [0, 0.1) is 11.8 Å². The van der Waals surface area contributed by atoms with Crippen molar-refractivity contribution in [3.63, 3.8) is 0 Å². The molecule has 2 aliphatic rings. The second-order valence-corrected chi connectivity index (χ2v) is 7.76. The lowest BCUT2D eigenvalue weighted by molar-refractivity contribution is -0.140. The van der Waals surface area contributed by atoms with Crippen LogP contribution in [0.15, 0.2) is 35.2 Å². The van der Waals surface area contributed by atoms with E-state index in [0.29, 0.717) is 6.54 Å².